The van der Waals surface area contributed by atoms with E-state index in [0.29, 0.717) is 29.8 Å². The summed E-state index contributed by atoms with van der Waals surface area (Å²) in [5.74, 6) is 0.517. The Hall–Kier alpha value is -2.06. The standard InChI is InChI=1S/C16H22N4O/c1-12(2)20-7-6-14(11-20)10-18-16(21)19-15-5-3-4-13(8-15)9-17/h3-5,8,12,14H,6-7,10-11H2,1-2H3,(H2,18,19,21)/t14-/m0/s1. The van der Waals surface area contributed by atoms with Crippen molar-refractivity contribution in [3.8, 4) is 6.07 Å². The lowest BCUT2D eigenvalue weighted by Gasteiger charge is -2.20. The zero-order chi connectivity index (χ0) is 15.2. The fourth-order valence-corrected chi connectivity index (χ4v) is 2.58. The maximum atomic E-state index is 11.9. The van der Waals surface area contributed by atoms with Gasteiger partial charge in [0.05, 0.1) is 11.6 Å². The van der Waals surface area contributed by atoms with Crippen LogP contribution in [0.5, 0.6) is 0 Å². The molecule has 2 N–H and O–H groups in total. The van der Waals surface area contributed by atoms with Crippen LogP contribution in [0, 0.1) is 17.2 Å². The first-order valence-corrected chi connectivity index (χ1v) is 7.37. The zero-order valence-electron chi connectivity index (χ0n) is 12.6. The molecule has 5 heteroatoms. The molecule has 1 aliphatic rings. The monoisotopic (exact) mass is 286 g/mol. The Morgan fingerprint density at radius 3 is 3.00 bits per heavy atom. The van der Waals surface area contributed by atoms with E-state index in [9.17, 15) is 4.79 Å². The number of amides is 2. The Labute approximate surface area is 125 Å². The lowest BCUT2D eigenvalue weighted by molar-refractivity contribution is 0.247. The Morgan fingerprint density at radius 2 is 2.33 bits per heavy atom. The summed E-state index contributed by atoms with van der Waals surface area (Å²) in [5, 5.41) is 14.5. The summed E-state index contributed by atoms with van der Waals surface area (Å²) in [6.07, 6.45) is 1.13. The van der Waals surface area contributed by atoms with Crippen molar-refractivity contribution in [1.82, 2.24) is 10.2 Å². The average Bonchev–Trinajstić information content (AvgIpc) is 2.94. The molecule has 0 radical (unpaired) electrons. The SMILES string of the molecule is CC(C)N1CC[C@@H](CNC(=O)Nc2cccc(C#N)c2)C1. The first-order chi connectivity index (χ1) is 10.1. The molecule has 0 aromatic heterocycles. The predicted octanol–water partition coefficient (Wildman–Crippen LogP) is 2.41. The van der Waals surface area contributed by atoms with Crippen molar-refractivity contribution in [3.63, 3.8) is 0 Å². The second-order valence-corrected chi connectivity index (χ2v) is 5.77. The van der Waals surface area contributed by atoms with Gasteiger partial charge in [-0.3, -0.25) is 0 Å². The van der Waals surface area contributed by atoms with Gasteiger partial charge in [0, 0.05) is 24.8 Å². The average molecular weight is 286 g/mol. The van der Waals surface area contributed by atoms with E-state index in [4.69, 9.17) is 5.26 Å². The number of likely N-dealkylation sites (tertiary alicyclic amines) is 1. The molecule has 21 heavy (non-hydrogen) atoms. The molecule has 112 valence electrons. The molecule has 0 aliphatic carbocycles. The second-order valence-electron chi connectivity index (χ2n) is 5.77. The van der Waals surface area contributed by atoms with Gasteiger partial charge in [0.15, 0.2) is 0 Å². The first-order valence-electron chi connectivity index (χ1n) is 7.37. The number of carbonyl (C=O) groups is 1. The number of hydrogen-bond donors (Lipinski definition) is 2. The number of benzene rings is 1. The molecule has 1 aromatic rings. The normalized spacial score (nSPS) is 18.5. The number of rotatable bonds is 4. The molecule has 0 saturated carbocycles. The topological polar surface area (TPSA) is 68.2 Å². The molecule has 5 nitrogen and oxygen atoms in total. The summed E-state index contributed by atoms with van der Waals surface area (Å²) in [6, 6.07) is 9.31. The minimum absolute atomic E-state index is 0.215. The second kappa shape index (κ2) is 7.09. The van der Waals surface area contributed by atoms with Gasteiger partial charge in [0.2, 0.25) is 0 Å². The third-order valence-electron chi connectivity index (χ3n) is 3.85. The highest BCUT2D eigenvalue weighted by Crippen LogP contribution is 2.17. The van der Waals surface area contributed by atoms with Gasteiger partial charge in [-0.15, -0.1) is 0 Å². The Morgan fingerprint density at radius 1 is 1.52 bits per heavy atom. The van der Waals surface area contributed by atoms with Crippen LogP contribution < -0.4 is 10.6 Å². The van der Waals surface area contributed by atoms with Gasteiger partial charge in [-0.2, -0.15) is 5.26 Å². The molecule has 1 saturated heterocycles. The summed E-state index contributed by atoms with van der Waals surface area (Å²) in [7, 11) is 0. The molecule has 1 aliphatic heterocycles. The van der Waals surface area contributed by atoms with Crippen LogP contribution in [0.15, 0.2) is 24.3 Å². The molecule has 0 spiro atoms. The van der Waals surface area contributed by atoms with E-state index in [1.165, 1.54) is 0 Å². The first kappa shape index (κ1) is 15.3. The van der Waals surface area contributed by atoms with Gasteiger partial charge in [-0.25, -0.2) is 4.79 Å². The highest BCUT2D eigenvalue weighted by atomic mass is 16.2. The number of nitrogens with zero attached hydrogens (tertiary/aromatic N) is 2. The Kier molecular flexibility index (Phi) is 5.18. The van der Waals surface area contributed by atoms with E-state index in [0.717, 1.165) is 19.5 Å². The van der Waals surface area contributed by atoms with Crippen LogP contribution in [0.4, 0.5) is 10.5 Å². The van der Waals surface area contributed by atoms with Crippen LogP contribution in [0.1, 0.15) is 25.8 Å². The van der Waals surface area contributed by atoms with Crippen molar-refractivity contribution in [3.05, 3.63) is 29.8 Å². The van der Waals surface area contributed by atoms with E-state index in [-0.39, 0.29) is 6.03 Å². The van der Waals surface area contributed by atoms with Crippen LogP contribution in [-0.4, -0.2) is 36.6 Å². The molecule has 1 fully saturated rings. The van der Waals surface area contributed by atoms with Crippen molar-refractivity contribution in [2.24, 2.45) is 5.92 Å². The third kappa shape index (κ3) is 4.47. The molecule has 1 atom stereocenters. The fourth-order valence-electron chi connectivity index (χ4n) is 2.58. The molecule has 2 amide bonds. The molecule has 1 aromatic carbocycles. The highest BCUT2D eigenvalue weighted by molar-refractivity contribution is 5.89. The van der Waals surface area contributed by atoms with Gasteiger partial charge in [0.1, 0.15) is 0 Å². The highest BCUT2D eigenvalue weighted by Gasteiger charge is 2.24. The van der Waals surface area contributed by atoms with Gasteiger partial charge in [-0.1, -0.05) is 6.07 Å². The van der Waals surface area contributed by atoms with Crippen molar-refractivity contribution in [1.29, 1.82) is 5.26 Å². The van der Waals surface area contributed by atoms with Gasteiger partial charge < -0.3 is 15.5 Å². The summed E-state index contributed by atoms with van der Waals surface area (Å²) >= 11 is 0. The fraction of sp³-hybridized carbons (Fsp3) is 0.500. The number of nitriles is 1. The Bertz CT molecular complexity index is 535. The van der Waals surface area contributed by atoms with Crippen molar-refractivity contribution in [2.45, 2.75) is 26.3 Å². The minimum atomic E-state index is -0.215. The van der Waals surface area contributed by atoms with Crippen LogP contribution >= 0.6 is 0 Å². The van der Waals surface area contributed by atoms with E-state index in [2.05, 4.69) is 35.5 Å². The minimum Gasteiger partial charge on any atom is -0.338 e. The van der Waals surface area contributed by atoms with Gasteiger partial charge in [0.25, 0.3) is 0 Å². The summed E-state index contributed by atoms with van der Waals surface area (Å²) in [4.78, 5) is 14.3. The van der Waals surface area contributed by atoms with Crippen molar-refractivity contribution >= 4 is 11.7 Å². The quantitative estimate of drug-likeness (QED) is 0.893. The summed E-state index contributed by atoms with van der Waals surface area (Å²) in [6.45, 7) is 7.24. The van der Waals surface area contributed by atoms with Gasteiger partial charge >= 0.3 is 6.03 Å². The maximum Gasteiger partial charge on any atom is 0.319 e. The van der Waals surface area contributed by atoms with Crippen molar-refractivity contribution < 1.29 is 4.79 Å². The Balaban J connectivity index is 1.76. The smallest absolute Gasteiger partial charge is 0.319 e. The number of anilines is 1. The molecule has 0 unspecified atom stereocenters. The number of nitrogens with one attached hydrogen (secondary N) is 2. The van der Waals surface area contributed by atoms with E-state index in [1.807, 2.05) is 0 Å². The number of carbonyl (C=O) groups excluding carboxylic acids is 1. The lowest BCUT2D eigenvalue weighted by atomic mass is 10.1. The van der Waals surface area contributed by atoms with E-state index >= 15 is 0 Å². The third-order valence-corrected chi connectivity index (χ3v) is 3.85. The maximum absolute atomic E-state index is 11.9. The number of hydrogen-bond acceptors (Lipinski definition) is 3. The largest absolute Gasteiger partial charge is 0.338 e. The summed E-state index contributed by atoms with van der Waals surface area (Å²) < 4.78 is 0. The van der Waals surface area contributed by atoms with Gasteiger partial charge in [-0.05, 0) is 50.9 Å². The zero-order valence-corrected chi connectivity index (χ0v) is 12.6. The lowest BCUT2D eigenvalue weighted by Crippen LogP contribution is -2.35. The molecule has 1 heterocycles. The van der Waals surface area contributed by atoms with Crippen LogP contribution in [-0.2, 0) is 0 Å². The van der Waals surface area contributed by atoms with E-state index < -0.39 is 0 Å². The molecule has 2 rings (SSSR count). The number of urea groups is 1. The van der Waals surface area contributed by atoms with Crippen LogP contribution in [0.25, 0.3) is 0 Å². The van der Waals surface area contributed by atoms with Crippen LogP contribution in [0.2, 0.25) is 0 Å². The summed E-state index contributed by atoms with van der Waals surface area (Å²) in [5.41, 5.74) is 1.18. The molecule has 0 bridgehead atoms. The molecular weight excluding hydrogens is 264 g/mol. The van der Waals surface area contributed by atoms with Crippen LogP contribution in [0.3, 0.4) is 0 Å². The van der Waals surface area contributed by atoms with Crippen molar-refractivity contribution in [2.75, 3.05) is 25.0 Å². The molecular formula is C16H22N4O. The predicted molar refractivity (Wildman–Crippen MR) is 83.0 cm³/mol. The van der Waals surface area contributed by atoms with E-state index in [1.54, 1.807) is 24.3 Å².